The van der Waals surface area contributed by atoms with Gasteiger partial charge in [0.15, 0.2) is 6.03 Å². The maximum Gasteiger partial charge on any atom is 1.00 e. The first kappa shape index (κ1) is 14.6. The second-order valence-corrected chi connectivity index (χ2v) is 4.39. The summed E-state index contributed by atoms with van der Waals surface area (Å²) in [5.41, 5.74) is 0. The van der Waals surface area contributed by atoms with Gasteiger partial charge in [-0.3, -0.25) is 0 Å². The maximum absolute atomic E-state index is 10.5. The van der Waals surface area contributed by atoms with Crippen molar-refractivity contribution in [1.82, 2.24) is 0 Å². The molecule has 1 N–H and O–H groups in total. The minimum atomic E-state index is -2.63. The van der Waals surface area contributed by atoms with E-state index in [1.807, 2.05) is 0 Å². The van der Waals surface area contributed by atoms with Crippen LogP contribution in [0.25, 0.3) is 0 Å². The molecule has 0 heterocycles. The van der Waals surface area contributed by atoms with E-state index < -0.39 is 18.7 Å². The molecule has 0 aliphatic heterocycles. The van der Waals surface area contributed by atoms with E-state index in [2.05, 4.69) is 0 Å². The van der Waals surface area contributed by atoms with Gasteiger partial charge >= 0.3 is 42.2 Å². The van der Waals surface area contributed by atoms with Gasteiger partial charge in [0.05, 0.1) is 0 Å². The van der Waals surface area contributed by atoms with Crippen LogP contribution in [0.1, 0.15) is 6.92 Å². The predicted octanol–water partition coefficient (Wildman–Crippen LogP) is -2.67. The number of carbonyl (C=O) groups excluding carboxylic acids is 1. The molecule has 0 aliphatic rings. The molecule has 2 atom stereocenters. The van der Waals surface area contributed by atoms with Crippen LogP contribution in [0, 0.1) is 0 Å². The van der Waals surface area contributed by atoms with Crippen molar-refractivity contribution < 1.29 is 49.1 Å². The van der Waals surface area contributed by atoms with Gasteiger partial charge in [-0.2, -0.15) is 0 Å². The van der Waals surface area contributed by atoms with E-state index in [1.165, 1.54) is 0 Å². The monoisotopic (exact) mass is 205 g/mol. The summed E-state index contributed by atoms with van der Waals surface area (Å²) in [4.78, 5) is 9.78. The fourth-order valence-corrected chi connectivity index (χ4v) is 1.87. The van der Waals surface area contributed by atoms with Crippen LogP contribution in [0.2, 0.25) is 0 Å². The minimum Gasteiger partial charge on any atom is -0.790 e. The topological polar surface area (TPSA) is 77.4 Å². The van der Waals surface area contributed by atoms with Crippen LogP contribution < -0.4 is 34.7 Å². The van der Waals surface area contributed by atoms with Gasteiger partial charge in [0.2, 0.25) is 0 Å². The van der Waals surface area contributed by atoms with Crippen LogP contribution in [0.4, 0.5) is 4.79 Å². The summed E-state index contributed by atoms with van der Waals surface area (Å²) in [6.45, 7) is 1.70. The van der Waals surface area contributed by atoms with E-state index >= 15 is 0 Å². The number of thioether (sulfide) groups is 1. The number of hydrogen-bond acceptors (Lipinski definition) is 5. The molecule has 0 saturated carbocycles. The van der Waals surface area contributed by atoms with Crippen molar-refractivity contribution in [1.29, 1.82) is 0 Å². The first-order valence-electron chi connectivity index (χ1n) is 2.56. The molecule has 0 saturated heterocycles. The third-order valence-corrected chi connectivity index (χ3v) is 2.87. The second-order valence-electron chi connectivity index (χ2n) is 1.35. The summed E-state index contributed by atoms with van der Waals surface area (Å²) < 4.78 is 10.4. The molecule has 0 bridgehead atoms. The molecule has 4 nitrogen and oxygen atoms in total. The molecule has 0 aliphatic carbocycles. The first-order valence-corrected chi connectivity index (χ1v) is 4.88. The van der Waals surface area contributed by atoms with E-state index in [-0.39, 0.29) is 29.6 Å². The Morgan fingerprint density at radius 1 is 1.82 bits per heavy atom. The Labute approximate surface area is 91.8 Å². The molecular formula is C4H7NaO4PS+. The van der Waals surface area contributed by atoms with Gasteiger partial charge in [-0.25, -0.2) is 4.79 Å². The molecule has 0 amide bonds. The SMILES string of the molecule is CCSC(=O)[P+](=O)C([O-])O.[Na+]. The Morgan fingerprint density at radius 2 is 2.27 bits per heavy atom. The number of aliphatic hydroxyl groups excluding tert-OH is 1. The maximum atomic E-state index is 10.5. The molecule has 7 heteroatoms. The third-order valence-electron chi connectivity index (χ3n) is 0.648. The number of hydrogen-bond donors (Lipinski definition) is 1. The Morgan fingerprint density at radius 3 is 2.55 bits per heavy atom. The van der Waals surface area contributed by atoms with Gasteiger partial charge in [0.1, 0.15) is 0 Å². The molecule has 0 rings (SSSR count). The van der Waals surface area contributed by atoms with Crippen LogP contribution in [-0.4, -0.2) is 21.7 Å². The first-order chi connectivity index (χ1) is 4.59. The van der Waals surface area contributed by atoms with Crippen LogP contribution in [-0.2, 0) is 4.57 Å². The molecule has 0 radical (unpaired) electrons. The van der Waals surface area contributed by atoms with Gasteiger partial charge in [-0.05, 0) is 11.8 Å². The molecule has 58 valence electrons. The van der Waals surface area contributed by atoms with Crippen molar-refractivity contribution >= 4 is 24.4 Å². The van der Waals surface area contributed by atoms with Crippen LogP contribution in [0.15, 0.2) is 0 Å². The zero-order valence-corrected chi connectivity index (χ0v) is 10.0. The number of rotatable bonds is 3. The van der Waals surface area contributed by atoms with Gasteiger partial charge < -0.3 is 10.2 Å². The van der Waals surface area contributed by atoms with Crippen LogP contribution in [0.3, 0.4) is 0 Å². The summed E-state index contributed by atoms with van der Waals surface area (Å²) in [6.07, 6.45) is 0. The zero-order chi connectivity index (χ0) is 8.15. The van der Waals surface area contributed by atoms with Crippen molar-refractivity contribution in [2.75, 3.05) is 5.75 Å². The van der Waals surface area contributed by atoms with E-state index in [4.69, 9.17) is 5.11 Å². The standard InChI is InChI=1S/C4H7O4PS.Na/c1-2-10-4(7)9(8)3(5)6;/h3,5H,2H2,1H3;/q;+1. The molecule has 0 spiro atoms. The largest absolute Gasteiger partial charge is 1.00 e. The van der Waals surface area contributed by atoms with Crippen molar-refractivity contribution in [2.24, 2.45) is 0 Å². The molecule has 2 unspecified atom stereocenters. The van der Waals surface area contributed by atoms with E-state index in [0.717, 1.165) is 11.8 Å². The fourth-order valence-electron chi connectivity index (χ4n) is 0.277. The average molecular weight is 205 g/mol. The molecule has 0 aromatic rings. The average Bonchev–Trinajstić information content (AvgIpc) is 1.87. The van der Waals surface area contributed by atoms with Crippen molar-refractivity contribution in [3.05, 3.63) is 0 Å². The van der Waals surface area contributed by atoms with Crippen molar-refractivity contribution in [2.45, 2.75) is 13.0 Å². The van der Waals surface area contributed by atoms with E-state index in [9.17, 15) is 14.5 Å². The van der Waals surface area contributed by atoms with Crippen LogP contribution >= 0.6 is 19.6 Å². The van der Waals surface area contributed by atoms with Crippen LogP contribution in [0.5, 0.6) is 0 Å². The summed E-state index contributed by atoms with van der Waals surface area (Å²) >= 11 is 0.785. The summed E-state index contributed by atoms with van der Waals surface area (Å²) in [6, 6.07) is -2.26. The van der Waals surface area contributed by atoms with Crippen molar-refractivity contribution in [3.63, 3.8) is 0 Å². The minimum absolute atomic E-state index is 0. The van der Waals surface area contributed by atoms with Gasteiger partial charge in [-0.15, -0.1) is 0 Å². The Bertz CT molecular complexity index is 151. The molecule has 0 fully saturated rings. The molecular weight excluding hydrogens is 198 g/mol. The smallest absolute Gasteiger partial charge is 0.790 e. The van der Waals surface area contributed by atoms with E-state index in [1.54, 1.807) is 6.92 Å². The predicted molar refractivity (Wildman–Crippen MR) is 37.1 cm³/mol. The normalized spacial score (nSPS) is 13.2. The zero-order valence-electron chi connectivity index (χ0n) is 6.31. The Kier molecular flexibility index (Phi) is 10.2. The third kappa shape index (κ3) is 6.22. The number of carbonyl (C=O) groups is 1. The number of aliphatic hydroxyl groups is 1. The summed E-state index contributed by atoms with van der Waals surface area (Å²) in [7, 11) is -2.63. The molecule has 11 heavy (non-hydrogen) atoms. The van der Waals surface area contributed by atoms with Gasteiger partial charge in [0, 0.05) is 5.75 Å². The van der Waals surface area contributed by atoms with Gasteiger partial charge in [-0.1, -0.05) is 11.5 Å². The molecule has 0 aromatic carbocycles. The quantitative estimate of drug-likeness (QED) is 0.309. The van der Waals surface area contributed by atoms with Crippen molar-refractivity contribution in [3.8, 4) is 0 Å². The Balaban J connectivity index is 0. The second kappa shape index (κ2) is 7.68. The van der Waals surface area contributed by atoms with Gasteiger partial charge in [0.25, 0.3) is 0 Å². The Hall–Kier alpha value is 1.04. The van der Waals surface area contributed by atoms with E-state index in [0.29, 0.717) is 5.75 Å². The molecule has 0 aromatic heterocycles. The summed E-state index contributed by atoms with van der Waals surface area (Å²) in [5.74, 6) is 0.465. The summed E-state index contributed by atoms with van der Waals surface area (Å²) in [5, 5.41) is 18.1. The fraction of sp³-hybridized carbons (Fsp3) is 0.750.